The average molecular weight is 496 g/mol. The molecule has 1 fully saturated rings. The highest BCUT2D eigenvalue weighted by atomic mass is 35.5. The fourth-order valence-corrected chi connectivity index (χ4v) is 4.91. The van der Waals surface area contributed by atoms with E-state index in [4.69, 9.17) is 11.6 Å². The molecule has 0 unspecified atom stereocenters. The molecular weight excluding hydrogens is 474 g/mol. The van der Waals surface area contributed by atoms with Crippen LogP contribution in [0, 0.1) is 0 Å². The second kappa shape index (κ2) is 8.73. The zero-order chi connectivity index (χ0) is 23.9. The number of anilines is 3. The van der Waals surface area contributed by atoms with Crippen molar-refractivity contribution in [3.05, 3.63) is 76.2 Å². The van der Waals surface area contributed by atoms with Gasteiger partial charge in [0.2, 0.25) is 10.0 Å². The molecule has 0 aliphatic carbocycles. The van der Waals surface area contributed by atoms with Crippen LogP contribution in [0.3, 0.4) is 0 Å². The van der Waals surface area contributed by atoms with Crippen LogP contribution in [-0.4, -0.2) is 50.8 Å². The Morgan fingerprint density at radius 3 is 2.38 bits per heavy atom. The van der Waals surface area contributed by atoms with Gasteiger partial charge in [-0.05, 0) is 41.8 Å². The number of nitrogens with zero attached hydrogens (tertiary/aromatic N) is 4. The molecule has 8 nitrogen and oxygen atoms in total. The van der Waals surface area contributed by atoms with E-state index in [0.29, 0.717) is 32.4 Å². The lowest BCUT2D eigenvalue weighted by atomic mass is 10.1. The van der Waals surface area contributed by atoms with E-state index >= 15 is 0 Å². The first-order chi connectivity index (χ1) is 16.3. The number of hydrogen-bond donors (Lipinski definition) is 1. The van der Waals surface area contributed by atoms with Gasteiger partial charge in [0.25, 0.3) is 0 Å². The molecule has 10 heteroatoms. The van der Waals surface area contributed by atoms with E-state index in [9.17, 15) is 13.2 Å². The van der Waals surface area contributed by atoms with Crippen molar-refractivity contribution in [2.45, 2.75) is 0 Å². The van der Waals surface area contributed by atoms with E-state index in [1.165, 1.54) is 0 Å². The van der Waals surface area contributed by atoms with E-state index in [-0.39, 0.29) is 5.43 Å². The molecule has 5 rings (SSSR count). The molecule has 0 amide bonds. The summed E-state index contributed by atoms with van der Waals surface area (Å²) in [7, 11) is -3.45. The molecule has 34 heavy (non-hydrogen) atoms. The lowest BCUT2D eigenvalue weighted by molar-refractivity contribution is 0.607. The number of fused-ring (bicyclic) bond motifs is 2. The van der Waals surface area contributed by atoms with E-state index in [0.717, 1.165) is 43.9 Å². The summed E-state index contributed by atoms with van der Waals surface area (Å²) in [4.78, 5) is 26.8. The first kappa shape index (κ1) is 22.4. The Balaban J connectivity index is 1.48. The third-order valence-corrected chi connectivity index (χ3v) is 6.69. The second-order valence-corrected chi connectivity index (χ2v) is 10.5. The quantitative estimate of drug-likeness (QED) is 0.463. The van der Waals surface area contributed by atoms with Crippen LogP contribution in [0.4, 0.5) is 17.2 Å². The summed E-state index contributed by atoms with van der Waals surface area (Å²) in [5, 5.41) is 2.29. The number of benzene rings is 1. The van der Waals surface area contributed by atoms with Crippen molar-refractivity contribution < 1.29 is 8.42 Å². The predicted octanol–water partition coefficient (Wildman–Crippen LogP) is 3.49. The van der Waals surface area contributed by atoms with Gasteiger partial charge in [0.1, 0.15) is 5.82 Å². The number of piperazine rings is 1. The molecule has 0 saturated carbocycles. The Kier molecular flexibility index (Phi) is 5.75. The number of sulfonamides is 1. The van der Waals surface area contributed by atoms with Gasteiger partial charge >= 0.3 is 0 Å². The van der Waals surface area contributed by atoms with Crippen LogP contribution in [0.25, 0.3) is 21.7 Å². The molecule has 0 bridgehead atoms. The van der Waals surface area contributed by atoms with Crippen LogP contribution < -0.4 is 20.0 Å². The maximum atomic E-state index is 13.4. The van der Waals surface area contributed by atoms with Crippen LogP contribution in [0.15, 0.2) is 65.7 Å². The molecule has 3 heterocycles. The topological polar surface area (TPSA) is 95.5 Å². The minimum absolute atomic E-state index is 0.191. The van der Waals surface area contributed by atoms with Crippen molar-refractivity contribution in [2.75, 3.05) is 47.0 Å². The number of halogens is 1. The highest BCUT2D eigenvalue weighted by molar-refractivity contribution is 7.92. The first-order valence-electron chi connectivity index (χ1n) is 10.7. The Bertz CT molecular complexity index is 1570. The van der Waals surface area contributed by atoms with Gasteiger partial charge < -0.3 is 9.80 Å². The minimum atomic E-state index is -3.45. The maximum absolute atomic E-state index is 13.4. The molecule has 1 aliphatic heterocycles. The fraction of sp³-hybridized carbons (Fsp3) is 0.208. The van der Waals surface area contributed by atoms with Crippen LogP contribution in [0.2, 0.25) is 5.02 Å². The van der Waals surface area contributed by atoms with Crippen molar-refractivity contribution >= 4 is 60.5 Å². The summed E-state index contributed by atoms with van der Waals surface area (Å²) in [6.07, 6.45) is 4.57. The van der Waals surface area contributed by atoms with Crippen molar-refractivity contribution in [3.8, 4) is 0 Å². The number of aromatic nitrogens is 2. The van der Waals surface area contributed by atoms with Gasteiger partial charge in [0, 0.05) is 48.5 Å². The Morgan fingerprint density at radius 2 is 1.65 bits per heavy atom. The van der Waals surface area contributed by atoms with Gasteiger partial charge in [-0.15, -0.1) is 0 Å². The lowest BCUT2D eigenvalue weighted by Crippen LogP contribution is -2.46. The second-order valence-electron chi connectivity index (χ2n) is 8.27. The van der Waals surface area contributed by atoms with Crippen LogP contribution in [0.5, 0.6) is 0 Å². The molecular formula is C24H22ClN5O3S. The predicted molar refractivity (Wildman–Crippen MR) is 138 cm³/mol. The average Bonchev–Trinajstić information content (AvgIpc) is 2.94. The molecule has 2 aromatic heterocycles. The SMILES string of the molecule is CS(=O)(=O)Nc1ccc2ccc3ncc(N4CCN(c5cc(Cl)ccn5)CC4)cc3c(=O)c2c1. The number of rotatable bonds is 4. The van der Waals surface area contributed by atoms with Crippen molar-refractivity contribution in [1.29, 1.82) is 0 Å². The molecule has 0 spiro atoms. The normalized spacial score (nSPS) is 14.5. The van der Waals surface area contributed by atoms with Crippen molar-refractivity contribution in [2.24, 2.45) is 0 Å². The molecule has 0 atom stereocenters. The zero-order valence-corrected chi connectivity index (χ0v) is 20.0. The Labute approximate surface area is 201 Å². The van der Waals surface area contributed by atoms with Gasteiger partial charge in [-0.3, -0.25) is 14.5 Å². The molecule has 1 saturated heterocycles. The Hall–Kier alpha value is -3.43. The highest BCUT2D eigenvalue weighted by Gasteiger charge is 2.19. The number of hydrogen-bond acceptors (Lipinski definition) is 7. The molecule has 4 aromatic rings. The summed E-state index contributed by atoms with van der Waals surface area (Å²) in [6, 6.07) is 14.1. The fourth-order valence-electron chi connectivity index (χ4n) is 4.20. The summed E-state index contributed by atoms with van der Waals surface area (Å²) in [5.41, 5.74) is 1.61. The van der Waals surface area contributed by atoms with E-state index in [2.05, 4.69) is 24.5 Å². The third-order valence-electron chi connectivity index (χ3n) is 5.85. The van der Waals surface area contributed by atoms with Gasteiger partial charge in [-0.2, -0.15) is 0 Å². The van der Waals surface area contributed by atoms with Crippen molar-refractivity contribution in [3.63, 3.8) is 0 Å². The molecule has 2 aromatic carbocycles. The molecule has 1 N–H and O–H groups in total. The van der Waals surface area contributed by atoms with Gasteiger partial charge in [0.15, 0.2) is 5.43 Å². The van der Waals surface area contributed by atoms with Crippen LogP contribution in [-0.2, 0) is 10.0 Å². The van der Waals surface area contributed by atoms with Crippen LogP contribution >= 0.6 is 11.6 Å². The maximum Gasteiger partial charge on any atom is 0.229 e. The zero-order valence-electron chi connectivity index (χ0n) is 18.4. The monoisotopic (exact) mass is 495 g/mol. The highest BCUT2D eigenvalue weighted by Crippen LogP contribution is 2.24. The minimum Gasteiger partial charge on any atom is -0.367 e. The Morgan fingerprint density at radius 1 is 0.912 bits per heavy atom. The summed E-state index contributed by atoms with van der Waals surface area (Å²) in [6.45, 7) is 3.03. The number of nitrogens with one attached hydrogen (secondary N) is 1. The summed E-state index contributed by atoms with van der Waals surface area (Å²) in [5.74, 6) is 0.850. The molecule has 174 valence electrons. The van der Waals surface area contributed by atoms with Crippen LogP contribution in [0.1, 0.15) is 0 Å². The van der Waals surface area contributed by atoms with Gasteiger partial charge in [-0.1, -0.05) is 23.7 Å². The largest absolute Gasteiger partial charge is 0.367 e. The first-order valence-corrected chi connectivity index (χ1v) is 13.0. The van der Waals surface area contributed by atoms with E-state index in [1.807, 2.05) is 24.3 Å². The third kappa shape index (κ3) is 4.62. The molecule has 0 radical (unpaired) electrons. The summed E-state index contributed by atoms with van der Waals surface area (Å²) < 4.78 is 25.7. The van der Waals surface area contributed by atoms with E-state index in [1.54, 1.807) is 36.7 Å². The van der Waals surface area contributed by atoms with E-state index < -0.39 is 10.0 Å². The standard InChI is InChI=1S/C24H22ClN5O3S/c1-34(32,33)28-18-4-2-16-3-5-22-21(24(31)20(16)13-18)14-19(15-27-22)29-8-10-30(11-9-29)23-12-17(25)6-7-26-23/h2-7,12-15,28H,8-11H2,1H3. The summed E-state index contributed by atoms with van der Waals surface area (Å²) >= 11 is 6.10. The lowest BCUT2D eigenvalue weighted by Gasteiger charge is -2.36. The number of pyridine rings is 2. The van der Waals surface area contributed by atoms with Gasteiger partial charge in [0.05, 0.1) is 29.0 Å². The van der Waals surface area contributed by atoms with Crippen molar-refractivity contribution in [1.82, 2.24) is 9.97 Å². The van der Waals surface area contributed by atoms with Gasteiger partial charge in [-0.25, -0.2) is 13.4 Å². The smallest absolute Gasteiger partial charge is 0.229 e. The molecule has 1 aliphatic rings.